The molecule has 1 heterocycles. The van der Waals surface area contributed by atoms with Crippen LogP contribution in [-0.4, -0.2) is 16.6 Å². The van der Waals surface area contributed by atoms with Crippen LogP contribution >= 0.6 is 11.6 Å². The Morgan fingerprint density at radius 2 is 1.71 bits per heavy atom. The largest absolute Gasteiger partial charge is 0.480 e. The van der Waals surface area contributed by atoms with Crippen molar-refractivity contribution in [1.29, 1.82) is 0 Å². The molecule has 34 heavy (non-hydrogen) atoms. The van der Waals surface area contributed by atoms with Gasteiger partial charge >= 0.3 is 5.97 Å². The van der Waals surface area contributed by atoms with Crippen molar-refractivity contribution in [3.8, 4) is 0 Å². The smallest absolute Gasteiger partial charge is 0.329 e. The summed E-state index contributed by atoms with van der Waals surface area (Å²) in [7, 11) is 0. The first-order valence-electron chi connectivity index (χ1n) is 11.8. The van der Waals surface area contributed by atoms with E-state index < -0.39 is 11.5 Å². The lowest BCUT2D eigenvalue weighted by Gasteiger charge is -2.46. The molecule has 4 aromatic rings. The fourth-order valence-electron chi connectivity index (χ4n) is 6.31. The Morgan fingerprint density at radius 1 is 0.941 bits per heavy atom. The molecule has 1 aromatic heterocycles. The van der Waals surface area contributed by atoms with Gasteiger partial charge in [0.1, 0.15) is 16.9 Å². The molecule has 1 spiro atoms. The van der Waals surface area contributed by atoms with E-state index in [0.29, 0.717) is 17.9 Å². The molecule has 0 aliphatic heterocycles. The summed E-state index contributed by atoms with van der Waals surface area (Å²) in [4.78, 5) is 12.6. The molecule has 1 atom stereocenters. The molecule has 1 saturated carbocycles. The van der Waals surface area contributed by atoms with Crippen molar-refractivity contribution >= 4 is 34.2 Å². The zero-order valence-corrected chi connectivity index (χ0v) is 19.5. The molecule has 2 aliphatic carbocycles. The summed E-state index contributed by atoms with van der Waals surface area (Å²) >= 11 is 6.16. The van der Waals surface area contributed by atoms with Crippen molar-refractivity contribution in [1.82, 2.24) is 0 Å². The van der Waals surface area contributed by atoms with Gasteiger partial charge in [0, 0.05) is 27.4 Å². The lowest BCUT2D eigenvalue weighted by atomic mass is 9.60. The molecule has 0 amide bonds. The van der Waals surface area contributed by atoms with Gasteiger partial charge in [0.15, 0.2) is 0 Å². The zero-order chi connectivity index (χ0) is 23.3. The fourth-order valence-corrected chi connectivity index (χ4v) is 6.50. The Morgan fingerprint density at radius 3 is 2.47 bits per heavy atom. The van der Waals surface area contributed by atoms with Gasteiger partial charge in [-0.05, 0) is 73.6 Å². The van der Waals surface area contributed by atoms with E-state index in [1.807, 2.05) is 30.3 Å². The molecule has 0 unspecified atom stereocenters. The number of nitrogens with one attached hydrogen (secondary N) is 1. The van der Waals surface area contributed by atoms with Crippen molar-refractivity contribution < 1.29 is 14.3 Å². The van der Waals surface area contributed by atoms with E-state index in [-0.39, 0.29) is 11.3 Å². The molecule has 0 saturated heterocycles. The number of carboxylic acid groups (broad SMARTS) is 1. The predicted octanol–water partition coefficient (Wildman–Crippen LogP) is 7.17. The van der Waals surface area contributed by atoms with Gasteiger partial charge in [-0.1, -0.05) is 60.1 Å². The number of carbonyl (C=O) groups is 1. The second-order valence-electron chi connectivity index (χ2n) is 9.78. The number of benzene rings is 3. The summed E-state index contributed by atoms with van der Waals surface area (Å²) in [6.45, 7) is 0. The fraction of sp³-hybridized carbons (Fsp3) is 0.276. The number of carboxylic acids is 1. The number of rotatable bonds is 4. The Labute approximate surface area is 203 Å². The first kappa shape index (κ1) is 21.3. The maximum absolute atomic E-state index is 12.6. The van der Waals surface area contributed by atoms with Gasteiger partial charge in [-0.3, -0.25) is 0 Å². The van der Waals surface area contributed by atoms with Crippen LogP contribution in [0, 0.1) is 0 Å². The van der Waals surface area contributed by atoms with Crippen molar-refractivity contribution in [2.24, 2.45) is 0 Å². The molecule has 6 rings (SSSR count). The average Bonchev–Trinajstić information content (AvgIpc) is 3.40. The molecule has 3 aromatic carbocycles. The van der Waals surface area contributed by atoms with Crippen molar-refractivity contribution in [2.75, 3.05) is 5.32 Å². The third-order valence-electron chi connectivity index (χ3n) is 8.05. The first-order valence-corrected chi connectivity index (χ1v) is 12.2. The molecule has 1 fully saturated rings. The Kier molecular flexibility index (Phi) is 4.96. The van der Waals surface area contributed by atoms with Crippen LogP contribution in [0.3, 0.4) is 0 Å². The third kappa shape index (κ3) is 3.32. The summed E-state index contributed by atoms with van der Waals surface area (Å²) in [5, 5.41) is 15.3. The molecular weight excluding hydrogens is 446 g/mol. The number of aliphatic carboxylic acids is 1. The number of fused-ring (bicyclic) bond motifs is 3. The Balaban J connectivity index is 1.38. The molecule has 0 bridgehead atoms. The number of hydrogen-bond acceptors (Lipinski definition) is 3. The SMILES string of the molecule is O=C(O)C1(Nc2cccc(Cl)c2)CCC2(CC1)c1ccccc1C[C@H]2c1cc2ccccc2o1. The maximum Gasteiger partial charge on any atom is 0.329 e. The number of anilines is 1. The predicted molar refractivity (Wildman–Crippen MR) is 135 cm³/mol. The van der Waals surface area contributed by atoms with Gasteiger partial charge in [-0.2, -0.15) is 0 Å². The van der Waals surface area contributed by atoms with Crippen LogP contribution < -0.4 is 5.32 Å². The molecule has 0 radical (unpaired) electrons. The molecule has 4 nitrogen and oxygen atoms in total. The van der Waals surface area contributed by atoms with Crippen molar-refractivity contribution in [3.63, 3.8) is 0 Å². The summed E-state index contributed by atoms with van der Waals surface area (Å²) in [6, 6.07) is 26.3. The van der Waals surface area contributed by atoms with Gasteiger partial charge in [-0.15, -0.1) is 0 Å². The number of halogens is 1. The van der Waals surface area contributed by atoms with Crippen molar-refractivity contribution in [3.05, 3.63) is 101 Å². The maximum atomic E-state index is 12.6. The lowest BCUT2D eigenvalue weighted by molar-refractivity contribution is -0.144. The minimum Gasteiger partial charge on any atom is -0.480 e. The van der Waals surface area contributed by atoms with Crippen LogP contribution in [0.4, 0.5) is 5.69 Å². The summed E-state index contributed by atoms with van der Waals surface area (Å²) in [5.41, 5.74) is 3.18. The van der Waals surface area contributed by atoms with E-state index in [0.717, 1.165) is 41.7 Å². The first-order chi connectivity index (χ1) is 16.5. The highest BCUT2D eigenvalue weighted by Gasteiger charge is 2.55. The minimum atomic E-state index is -1.02. The van der Waals surface area contributed by atoms with Gasteiger partial charge in [0.25, 0.3) is 0 Å². The standard InChI is InChI=1S/C29H26ClNO3/c30-21-8-5-9-22(18-21)31-29(27(32)33)14-12-28(13-15-29)23-10-3-1-6-19(23)16-24(28)26-17-20-7-2-4-11-25(20)34-26/h1-11,17-18,24,31H,12-16H2,(H,32,33)/t24-,28?,29?/m0/s1. The van der Waals surface area contributed by atoms with E-state index >= 15 is 0 Å². The second-order valence-corrected chi connectivity index (χ2v) is 10.2. The minimum absolute atomic E-state index is 0.139. The Hall–Kier alpha value is -3.24. The monoisotopic (exact) mass is 471 g/mol. The van der Waals surface area contributed by atoms with Crippen LogP contribution in [0.15, 0.2) is 83.3 Å². The van der Waals surface area contributed by atoms with Gasteiger partial charge < -0.3 is 14.8 Å². The van der Waals surface area contributed by atoms with Crippen molar-refractivity contribution in [2.45, 2.75) is 49.0 Å². The molecule has 172 valence electrons. The third-order valence-corrected chi connectivity index (χ3v) is 8.28. The lowest BCUT2D eigenvalue weighted by Crippen LogP contribution is -2.52. The highest BCUT2D eigenvalue weighted by Crippen LogP contribution is 2.58. The van der Waals surface area contributed by atoms with Crippen LogP contribution in [-0.2, 0) is 16.6 Å². The molecule has 2 aliphatic rings. The van der Waals surface area contributed by atoms with Crippen LogP contribution in [0.5, 0.6) is 0 Å². The van der Waals surface area contributed by atoms with E-state index in [1.165, 1.54) is 11.1 Å². The molecule has 2 N–H and O–H groups in total. The quantitative estimate of drug-likeness (QED) is 0.331. The summed E-state index contributed by atoms with van der Waals surface area (Å²) in [6.07, 6.45) is 3.51. The number of para-hydroxylation sites is 1. The second kappa shape index (κ2) is 7.92. The van der Waals surface area contributed by atoms with E-state index in [4.69, 9.17) is 16.0 Å². The van der Waals surface area contributed by atoms with Crippen LogP contribution in [0.25, 0.3) is 11.0 Å². The molecule has 5 heteroatoms. The van der Waals surface area contributed by atoms with E-state index in [9.17, 15) is 9.90 Å². The Bertz CT molecular complexity index is 1350. The number of hydrogen-bond donors (Lipinski definition) is 2. The molecular formula is C29H26ClNO3. The zero-order valence-electron chi connectivity index (χ0n) is 18.8. The van der Waals surface area contributed by atoms with E-state index in [2.05, 4.69) is 41.7 Å². The van der Waals surface area contributed by atoms with Crippen LogP contribution in [0.1, 0.15) is 48.5 Å². The number of furan rings is 1. The highest BCUT2D eigenvalue weighted by molar-refractivity contribution is 6.30. The van der Waals surface area contributed by atoms with Gasteiger partial charge in [0.05, 0.1) is 0 Å². The van der Waals surface area contributed by atoms with E-state index in [1.54, 1.807) is 12.1 Å². The van der Waals surface area contributed by atoms with Gasteiger partial charge in [0.2, 0.25) is 0 Å². The van der Waals surface area contributed by atoms with Gasteiger partial charge in [-0.25, -0.2) is 4.79 Å². The average molecular weight is 472 g/mol. The highest BCUT2D eigenvalue weighted by atomic mass is 35.5. The van der Waals surface area contributed by atoms with Crippen LogP contribution in [0.2, 0.25) is 5.02 Å². The normalized spacial score (nSPS) is 26.0. The topological polar surface area (TPSA) is 62.5 Å². The summed E-state index contributed by atoms with van der Waals surface area (Å²) in [5.74, 6) is 0.382. The summed E-state index contributed by atoms with van der Waals surface area (Å²) < 4.78 is 6.37.